The number of carbonyl (C=O) groups is 1. The molecule has 0 spiro atoms. The Bertz CT molecular complexity index is 1020. The summed E-state index contributed by atoms with van der Waals surface area (Å²) >= 11 is 0. The molecule has 4 nitrogen and oxygen atoms in total. The second-order valence-corrected chi connectivity index (χ2v) is 7.37. The Morgan fingerprint density at radius 1 is 0.867 bits per heavy atom. The van der Waals surface area contributed by atoms with Crippen LogP contribution in [0.15, 0.2) is 72.8 Å². The van der Waals surface area contributed by atoms with Crippen LogP contribution in [0.25, 0.3) is 0 Å². The molecule has 0 fully saturated rings. The Morgan fingerprint density at radius 3 is 2.30 bits per heavy atom. The van der Waals surface area contributed by atoms with Crippen molar-refractivity contribution in [2.24, 2.45) is 0 Å². The zero-order valence-corrected chi connectivity index (χ0v) is 17.5. The van der Waals surface area contributed by atoms with E-state index in [4.69, 9.17) is 9.47 Å². The fourth-order valence-corrected chi connectivity index (χ4v) is 4.05. The van der Waals surface area contributed by atoms with Crippen molar-refractivity contribution in [1.29, 1.82) is 0 Å². The Balaban J connectivity index is 1.73. The van der Waals surface area contributed by atoms with E-state index in [1.807, 2.05) is 73.3 Å². The van der Waals surface area contributed by atoms with Gasteiger partial charge >= 0.3 is 0 Å². The molecular formula is C26H27NO3. The SMILES string of the molecule is CCOc1ccc(C(Cc2ccccc2)N2Cc3ccccc3C2=O)cc1OCC. The monoisotopic (exact) mass is 401 g/mol. The van der Waals surface area contributed by atoms with E-state index >= 15 is 0 Å². The predicted octanol–water partition coefficient (Wildman–Crippen LogP) is 5.42. The second-order valence-electron chi connectivity index (χ2n) is 7.37. The number of hydrogen-bond donors (Lipinski definition) is 0. The summed E-state index contributed by atoms with van der Waals surface area (Å²) in [5, 5.41) is 0. The van der Waals surface area contributed by atoms with Gasteiger partial charge in [-0.25, -0.2) is 0 Å². The fourth-order valence-electron chi connectivity index (χ4n) is 4.05. The van der Waals surface area contributed by atoms with E-state index in [2.05, 4.69) is 18.2 Å². The zero-order chi connectivity index (χ0) is 20.9. The lowest BCUT2D eigenvalue weighted by Gasteiger charge is -2.29. The van der Waals surface area contributed by atoms with Crippen LogP contribution in [0, 0.1) is 0 Å². The molecule has 4 heteroatoms. The summed E-state index contributed by atoms with van der Waals surface area (Å²) in [5.41, 5.74) is 4.12. The maximum absolute atomic E-state index is 13.3. The van der Waals surface area contributed by atoms with Crippen LogP contribution >= 0.6 is 0 Å². The largest absolute Gasteiger partial charge is 0.490 e. The van der Waals surface area contributed by atoms with Crippen LogP contribution in [0.1, 0.15) is 46.9 Å². The van der Waals surface area contributed by atoms with E-state index in [0.29, 0.717) is 19.8 Å². The van der Waals surface area contributed by atoms with Crippen molar-refractivity contribution in [3.05, 3.63) is 95.1 Å². The number of hydrogen-bond acceptors (Lipinski definition) is 3. The molecule has 3 aromatic rings. The number of carbonyl (C=O) groups excluding carboxylic acids is 1. The second kappa shape index (κ2) is 9.04. The standard InChI is InChI=1S/C26H27NO3/c1-3-29-24-15-14-20(17-25(24)30-4-2)23(16-19-10-6-5-7-11-19)27-18-21-12-8-9-13-22(21)26(27)28/h5-15,17,23H,3-4,16,18H2,1-2H3. The highest BCUT2D eigenvalue weighted by molar-refractivity contribution is 5.98. The molecule has 0 N–H and O–H groups in total. The molecule has 154 valence electrons. The van der Waals surface area contributed by atoms with Gasteiger partial charge in [0.1, 0.15) is 0 Å². The molecule has 0 aliphatic carbocycles. The maximum Gasteiger partial charge on any atom is 0.255 e. The number of benzene rings is 3. The molecular weight excluding hydrogens is 374 g/mol. The van der Waals surface area contributed by atoms with Gasteiger partial charge in [0.05, 0.1) is 19.3 Å². The molecule has 1 aliphatic heterocycles. The van der Waals surface area contributed by atoms with Crippen molar-refractivity contribution in [2.45, 2.75) is 32.9 Å². The minimum absolute atomic E-state index is 0.0818. The number of amides is 1. The first kappa shape index (κ1) is 20.0. The third-order valence-corrected chi connectivity index (χ3v) is 5.45. The minimum Gasteiger partial charge on any atom is -0.490 e. The highest BCUT2D eigenvalue weighted by Gasteiger charge is 2.33. The van der Waals surface area contributed by atoms with E-state index in [1.54, 1.807) is 0 Å². The number of fused-ring (bicyclic) bond motifs is 1. The molecule has 1 aliphatic rings. The average molecular weight is 402 g/mol. The van der Waals surface area contributed by atoms with Gasteiger partial charge in [-0.05, 0) is 55.2 Å². The Hall–Kier alpha value is -3.27. The number of ether oxygens (including phenoxy) is 2. The van der Waals surface area contributed by atoms with Gasteiger partial charge in [0.15, 0.2) is 11.5 Å². The molecule has 1 atom stereocenters. The van der Waals surface area contributed by atoms with E-state index in [-0.39, 0.29) is 11.9 Å². The molecule has 0 bridgehead atoms. The molecule has 1 heterocycles. The lowest BCUT2D eigenvalue weighted by Crippen LogP contribution is -2.30. The first-order chi connectivity index (χ1) is 14.7. The van der Waals surface area contributed by atoms with Gasteiger partial charge in [-0.15, -0.1) is 0 Å². The van der Waals surface area contributed by atoms with Crippen LogP contribution in [0.3, 0.4) is 0 Å². The molecule has 4 rings (SSSR count). The van der Waals surface area contributed by atoms with Crippen molar-refractivity contribution in [3.8, 4) is 11.5 Å². The number of nitrogens with zero attached hydrogens (tertiary/aromatic N) is 1. The minimum atomic E-state index is -0.0952. The van der Waals surface area contributed by atoms with Gasteiger partial charge < -0.3 is 14.4 Å². The predicted molar refractivity (Wildman–Crippen MR) is 118 cm³/mol. The van der Waals surface area contributed by atoms with E-state index in [9.17, 15) is 4.79 Å². The Labute approximate surface area is 178 Å². The van der Waals surface area contributed by atoms with Gasteiger partial charge in [0, 0.05) is 12.1 Å². The zero-order valence-electron chi connectivity index (χ0n) is 17.5. The molecule has 1 unspecified atom stereocenters. The van der Waals surface area contributed by atoms with Gasteiger partial charge in [0.25, 0.3) is 5.91 Å². The van der Waals surface area contributed by atoms with Gasteiger partial charge in [0.2, 0.25) is 0 Å². The fraction of sp³-hybridized carbons (Fsp3) is 0.269. The van der Waals surface area contributed by atoms with E-state index in [1.165, 1.54) is 5.56 Å². The average Bonchev–Trinajstić information content (AvgIpc) is 3.11. The Kier molecular flexibility index (Phi) is 6.03. The molecule has 0 radical (unpaired) electrons. The summed E-state index contributed by atoms with van der Waals surface area (Å²) in [6, 6.07) is 24.1. The topological polar surface area (TPSA) is 38.8 Å². The molecule has 0 saturated carbocycles. The van der Waals surface area contributed by atoms with Gasteiger partial charge in [-0.2, -0.15) is 0 Å². The molecule has 30 heavy (non-hydrogen) atoms. The first-order valence-corrected chi connectivity index (χ1v) is 10.5. The van der Waals surface area contributed by atoms with Crippen molar-refractivity contribution >= 4 is 5.91 Å². The van der Waals surface area contributed by atoms with Crippen molar-refractivity contribution in [1.82, 2.24) is 4.90 Å². The third kappa shape index (κ3) is 4.04. The van der Waals surface area contributed by atoms with E-state index in [0.717, 1.165) is 34.6 Å². The van der Waals surface area contributed by atoms with Crippen LogP contribution in [0.4, 0.5) is 0 Å². The summed E-state index contributed by atoms with van der Waals surface area (Å²) < 4.78 is 11.6. The van der Waals surface area contributed by atoms with Gasteiger partial charge in [-0.1, -0.05) is 54.6 Å². The van der Waals surface area contributed by atoms with Crippen molar-refractivity contribution < 1.29 is 14.3 Å². The third-order valence-electron chi connectivity index (χ3n) is 5.45. The molecule has 3 aromatic carbocycles. The summed E-state index contributed by atoms with van der Waals surface area (Å²) in [6.45, 7) is 5.67. The lowest BCUT2D eigenvalue weighted by atomic mass is 9.97. The molecule has 0 saturated heterocycles. The molecule has 1 amide bonds. The summed E-state index contributed by atoms with van der Waals surface area (Å²) in [7, 11) is 0. The highest BCUT2D eigenvalue weighted by Crippen LogP contribution is 2.37. The molecule has 0 aromatic heterocycles. The highest BCUT2D eigenvalue weighted by atomic mass is 16.5. The van der Waals surface area contributed by atoms with Crippen LogP contribution in [-0.2, 0) is 13.0 Å². The van der Waals surface area contributed by atoms with Gasteiger partial charge in [-0.3, -0.25) is 4.79 Å². The normalized spacial score (nSPS) is 13.8. The van der Waals surface area contributed by atoms with Crippen LogP contribution in [0.2, 0.25) is 0 Å². The quantitative estimate of drug-likeness (QED) is 0.506. The van der Waals surface area contributed by atoms with Crippen LogP contribution < -0.4 is 9.47 Å². The van der Waals surface area contributed by atoms with E-state index < -0.39 is 0 Å². The first-order valence-electron chi connectivity index (χ1n) is 10.5. The van der Waals surface area contributed by atoms with Crippen molar-refractivity contribution in [2.75, 3.05) is 13.2 Å². The van der Waals surface area contributed by atoms with Crippen molar-refractivity contribution in [3.63, 3.8) is 0 Å². The summed E-state index contributed by atoms with van der Waals surface area (Å²) in [5.74, 6) is 1.54. The smallest absolute Gasteiger partial charge is 0.255 e. The summed E-state index contributed by atoms with van der Waals surface area (Å²) in [6.07, 6.45) is 0.736. The lowest BCUT2D eigenvalue weighted by molar-refractivity contribution is 0.0699. The summed E-state index contributed by atoms with van der Waals surface area (Å²) in [4.78, 5) is 15.2. The van der Waals surface area contributed by atoms with Crippen LogP contribution in [0.5, 0.6) is 11.5 Å². The maximum atomic E-state index is 13.3. The van der Waals surface area contributed by atoms with Crippen LogP contribution in [-0.4, -0.2) is 24.0 Å². The Morgan fingerprint density at radius 2 is 1.57 bits per heavy atom. The number of rotatable bonds is 8.